The number of fused-ring (bicyclic) bond motifs is 7. The molecule has 4 bridgehead atoms. The number of likely N-dealkylation sites (tertiary alicyclic amines) is 1. The molecule has 0 saturated carbocycles. The average Bonchev–Trinajstić information content (AvgIpc) is 3.22. The van der Waals surface area contributed by atoms with Crippen LogP contribution in [0.25, 0.3) is 0 Å². The minimum Gasteiger partial charge on any atom is -0.374 e. The normalized spacial score (nSPS) is 51.8. The monoisotopic (exact) mass is 278 g/mol. The lowest BCUT2D eigenvalue weighted by Crippen LogP contribution is -2.48. The molecular weight excluding hydrogens is 256 g/mol. The molecule has 5 aliphatic rings. The largest absolute Gasteiger partial charge is 0.374 e. The number of carbonyl (C=O) groups is 1. The fourth-order valence-electron chi connectivity index (χ4n) is 5.17. The number of amides is 2. The Bertz CT molecular complexity index is 425. The van der Waals surface area contributed by atoms with Gasteiger partial charge in [-0.25, -0.2) is 4.79 Å². The standard InChI is InChI=1S/C15H22N2O3/c18-15(16-11-5-8-1-2-14(11)19-8)17-6-9-10(7-17)13-4-3-12(9)20-13/h8-14H,1-7H2,(H,16,18). The Hall–Kier alpha value is -0.810. The first kappa shape index (κ1) is 11.8. The zero-order chi connectivity index (χ0) is 13.3. The van der Waals surface area contributed by atoms with Crippen LogP contribution in [0.2, 0.25) is 0 Å². The molecule has 20 heavy (non-hydrogen) atoms. The van der Waals surface area contributed by atoms with E-state index >= 15 is 0 Å². The summed E-state index contributed by atoms with van der Waals surface area (Å²) >= 11 is 0. The summed E-state index contributed by atoms with van der Waals surface area (Å²) in [5.74, 6) is 1.19. The van der Waals surface area contributed by atoms with Crippen LogP contribution in [0.4, 0.5) is 4.79 Å². The topological polar surface area (TPSA) is 50.8 Å². The summed E-state index contributed by atoms with van der Waals surface area (Å²) in [6, 6.07) is 0.370. The Balaban J connectivity index is 1.23. The third kappa shape index (κ3) is 1.59. The molecule has 5 nitrogen and oxygen atoms in total. The van der Waals surface area contributed by atoms with Crippen LogP contribution in [0, 0.1) is 11.8 Å². The Labute approximate surface area is 119 Å². The quantitative estimate of drug-likeness (QED) is 0.782. The molecule has 7 atom stereocenters. The first-order valence-corrected chi connectivity index (χ1v) is 8.14. The fourth-order valence-corrected chi connectivity index (χ4v) is 5.17. The summed E-state index contributed by atoms with van der Waals surface area (Å²) in [5.41, 5.74) is 0. The van der Waals surface area contributed by atoms with E-state index in [1.807, 2.05) is 4.90 Å². The lowest BCUT2D eigenvalue weighted by Gasteiger charge is -2.25. The molecule has 5 saturated heterocycles. The van der Waals surface area contributed by atoms with E-state index in [2.05, 4.69) is 5.32 Å². The van der Waals surface area contributed by atoms with Crippen molar-refractivity contribution in [2.24, 2.45) is 11.8 Å². The number of urea groups is 1. The van der Waals surface area contributed by atoms with Gasteiger partial charge in [0.05, 0.1) is 30.5 Å². The molecule has 5 aliphatic heterocycles. The molecular formula is C15H22N2O3. The molecule has 5 heterocycles. The van der Waals surface area contributed by atoms with Crippen molar-refractivity contribution in [2.75, 3.05) is 13.1 Å². The molecule has 0 aliphatic carbocycles. The van der Waals surface area contributed by atoms with Crippen molar-refractivity contribution in [1.82, 2.24) is 10.2 Å². The summed E-state index contributed by atoms with van der Waals surface area (Å²) in [5, 5.41) is 3.21. The summed E-state index contributed by atoms with van der Waals surface area (Å²) in [6.45, 7) is 1.78. The van der Waals surface area contributed by atoms with E-state index in [4.69, 9.17) is 9.47 Å². The van der Waals surface area contributed by atoms with Gasteiger partial charge >= 0.3 is 6.03 Å². The summed E-state index contributed by atoms with van der Waals surface area (Å²) < 4.78 is 11.8. The summed E-state index contributed by atoms with van der Waals surface area (Å²) in [6.07, 6.45) is 7.19. The Morgan fingerprint density at radius 1 is 0.950 bits per heavy atom. The maximum atomic E-state index is 12.5. The summed E-state index contributed by atoms with van der Waals surface area (Å²) in [7, 11) is 0. The van der Waals surface area contributed by atoms with Crippen molar-refractivity contribution in [1.29, 1.82) is 0 Å². The van der Waals surface area contributed by atoms with Crippen LogP contribution >= 0.6 is 0 Å². The zero-order valence-corrected chi connectivity index (χ0v) is 11.7. The molecule has 0 aromatic rings. The van der Waals surface area contributed by atoms with Crippen molar-refractivity contribution in [3.63, 3.8) is 0 Å². The van der Waals surface area contributed by atoms with Gasteiger partial charge in [-0.05, 0) is 32.1 Å². The van der Waals surface area contributed by atoms with Gasteiger partial charge < -0.3 is 19.7 Å². The van der Waals surface area contributed by atoms with E-state index < -0.39 is 0 Å². The first-order chi connectivity index (χ1) is 9.78. The van der Waals surface area contributed by atoms with Gasteiger partial charge in [0.1, 0.15) is 0 Å². The summed E-state index contributed by atoms with van der Waals surface area (Å²) in [4.78, 5) is 14.5. The number of hydrogen-bond donors (Lipinski definition) is 1. The van der Waals surface area contributed by atoms with Crippen LogP contribution in [0.3, 0.4) is 0 Å². The highest BCUT2D eigenvalue weighted by Gasteiger charge is 2.54. The molecule has 0 aromatic heterocycles. The van der Waals surface area contributed by atoms with E-state index in [9.17, 15) is 4.79 Å². The smallest absolute Gasteiger partial charge is 0.317 e. The highest BCUT2D eigenvalue weighted by atomic mass is 16.5. The van der Waals surface area contributed by atoms with Crippen LogP contribution < -0.4 is 5.32 Å². The number of nitrogens with one attached hydrogen (secondary N) is 1. The molecule has 5 heteroatoms. The minimum absolute atomic E-state index is 0.125. The second-order valence-electron chi connectivity index (χ2n) is 7.19. The third-order valence-electron chi connectivity index (χ3n) is 6.15. The van der Waals surface area contributed by atoms with Crippen LogP contribution in [0.15, 0.2) is 0 Å². The molecule has 0 aromatic carbocycles. The van der Waals surface area contributed by atoms with Crippen molar-refractivity contribution in [3.05, 3.63) is 0 Å². The molecule has 0 spiro atoms. The van der Waals surface area contributed by atoms with Crippen molar-refractivity contribution < 1.29 is 14.3 Å². The van der Waals surface area contributed by atoms with E-state index in [0.717, 1.165) is 25.9 Å². The van der Waals surface area contributed by atoms with Crippen LogP contribution in [0.5, 0.6) is 0 Å². The van der Waals surface area contributed by atoms with Crippen LogP contribution in [-0.2, 0) is 9.47 Å². The number of hydrogen-bond acceptors (Lipinski definition) is 3. The van der Waals surface area contributed by atoms with Gasteiger partial charge in [-0.2, -0.15) is 0 Å². The van der Waals surface area contributed by atoms with Gasteiger partial charge in [0, 0.05) is 24.9 Å². The molecule has 5 rings (SSSR count). The lowest BCUT2D eigenvalue weighted by atomic mass is 9.82. The molecule has 1 N–H and O–H groups in total. The maximum Gasteiger partial charge on any atom is 0.317 e. The van der Waals surface area contributed by atoms with Gasteiger partial charge in [-0.1, -0.05) is 0 Å². The molecule has 5 fully saturated rings. The van der Waals surface area contributed by atoms with E-state index in [1.165, 1.54) is 19.3 Å². The number of nitrogens with zero attached hydrogens (tertiary/aromatic N) is 1. The first-order valence-electron chi connectivity index (χ1n) is 8.14. The van der Waals surface area contributed by atoms with Gasteiger partial charge in [-0.15, -0.1) is 0 Å². The number of rotatable bonds is 1. The van der Waals surface area contributed by atoms with Gasteiger partial charge in [-0.3, -0.25) is 0 Å². The minimum atomic E-state index is 0.125. The van der Waals surface area contributed by atoms with E-state index in [1.54, 1.807) is 0 Å². The molecule has 2 amide bonds. The van der Waals surface area contributed by atoms with Crippen molar-refractivity contribution >= 4 is 6.03 Å². The average molecular weight is 278 g/mol. The predicted octanol–water partition coefficient (Wildman–Crippen LogP) is 1.13. The Kier molecular flexibility index (Phi) is 2.42. The fraction of sp³-hybridized carbons (Fsp3) is 0.933. The molecule has 0 radical (unpaired) electrons. The third-order valence-corrected chi connectivity index (χ3v) is 6.15. The molecule has 7 unspecified atom stereocenters. The molecule has 110 valence electrons. The van der Waals surface area contributed by atoms with Crippen LogP contribution in [0.1, 0.15) is 32.1 Å². The van der Waals surface area contributed by atoms with Crippen LogP contribution in [-0.4, -0.2) is 54.5 Å². The van der Waals surface area contributed by atoms with E-state index in [-0.39, 0.29) is 18.2 Å². The van der Waals surface area contributed by atoms with Crippen molar-refractivity contribution in [2.45, 2.75) is 62.6 Å². The maximum absolute atomic E-state index is 12.5. The SMILES string of the molecule is O=C(NC1CC2CCC1O2)N1CC2C3CCC(O3)C2C1. The van der Waals surface area contributed by atoms with Crippen molar-refractivity contribution in [3.8, 4) is 0 Å². The van der Waals surface area contributed by atoms with E-state index in [0.29, 0.717) is 30.1 Å². The lowest BCUT2D eigenvalue weighted by molar-refractivity contribution is 0.0729. The Morgan fingerprint density at radius 2 is 1.65 bits per heavy atom. The highest BCUT2D eigenvalue weighted by molar-refractivity contribution is 5.75. The van der Waals surface area contributed by atoms with Gasteiger partial charge in [0.15, 0.2) is 0 Å². The second-order valence-corrected chi connectivity index (χ2v) is 7.19. The Morgan fingerprint density at radius 3 is 2.25 bits per heavy atom. The zero-order valence-electron chi connectivity index (χ0n) is 11.7. The van der Waals surface area contributed by atoms with Gasteiger partial charge in [0.25, 0.3) is 0 Å². The van der Waals surface area contributed by atoms with Gasteiger partial charge in [0.2, 0.25) is 0 Å². The number of ether oxygens (including phenoxy) is 2. The number of carbonyl (C=O) groups excluding carboxylic acids is 1. The predicted molar refractivity (Wildman–Crippen MR) is 71.3 cm³/mol. The second kappa shape index (κ2) is 4.10. The highest BCUT2D eigenvalue weighted by Crippen LogP contribution is 2.47.